The van der Waals surface area contributed by atoms with Crippen LogP contribution >= 0.6 is 0 Å². The summed E-state index contributed by atoms with van der Waals surface area (Å²) in [6.07, 6.45) is -0.402. The van der Waals surface area contributed by atoms with Crippen molar-refractivity contribution < 1.29 is 27.5 Å². The van der Waals surface area contributed by atoms with Crippen molar-refractivity contribution in [2.24, 2.45) is 0 Å². The number of amides is 1. The lowest BCUT2D eigenvalue weighted by Crippen LogP contribution is -2.28. The summed E-state index contributed by atoms with van der Waals surface area (Å²) in [5.74, 6) is -0.370. The van der Waals surface area contributed by atoms with E-state index in [4.69, 9.17) is 9.47 Å². The Morgan fingerprint density at radius 3 is 2.59 bits per heavy atom. The molecule has 0 heterocycles. The summed E-state index contributed by atoms with van der Waals surface area (Å²) in [5, 5.41) is 0. The monoisotopic (exact) mass is 329 g/mol. The average molecular weight is 329 g/mol. The summed E-state index contributed by atoms with van der Waals surface area (Å²) in [6.45, 7) is 2.09. The van der Waals surface area contributed by atoms with Gasteiger partial charge in [0.1, 0.15) is 6.61 Å². The standard InChI is InChI=1S/C14H19NO6S/c1-2-21-22(18)15-14(17)19-10-6-9-13(16)20-11-12-7-4-3-5-8-12/h3-5,7-8H,2,6,9-11H2,1H3,(H,15,17). The second-order valence-electron chi connectivity index (χ2n) is 4.13. The lowest BCUT2D eigenvalue weighted by molar-refractivity contribution is -0.145. The number of ether oxygens (including phenoxy) is 2. The minimum Gasteiger partial charge on any atom is -0.461 e. The fourth-order valence-corrected chi connectivity index (χ4v) is 1.89. The molecule has 22 heavy (non-hydrogen) atoms. The molecule has 0 aliphatic rings. The Labute approximate surface area is 131 Å². The molecule has 0 spiro atoms. The van der Waals surface area contributed by atoms with Crippen LogP contribution in [0.5, 0.6) is 0 Å². The number of hydrogen-bond donors (Lipinski definition) is 1. The summed E-state index contributed by atoms with van der Waals surface area (Å²) in [6, 6.07) is 9.33. The van der Waals surface area contributed by atoms with Crippen LogP contribution in [0.3, 0.4) is 0 Å². The molecule has 1 amide bonds. The van der Waals surface area contributed by atoms with Crippen molar-refractivity contribution in [2.45, 2.75) is 26.4 Å². The van der Waals surface area contributed by atoms with Gasteiger partial charge in [-0.2, -0.15) is 0 Å². The van der Waals surface area contributed by atoms with Gasteiger partial charge in [-0.05, 0) is 18.9 Å². The third kappa shape index (κ3) is 8.38. The van der Waals surface area contributed by atoms with Crippen molar-refractivity contribution in [1.82, 2.24) is 4.72 Å². The quantitative estimate of drug-likeness (QED) is 0.549. The van der Waals surface area contributed by atoms with Gasteiger partial charge in [-0.25, -0.2) is 13.7 Å². The predicted octanol–water partition coefficient (Wildman–Crippen LogP) is 1.85. The van der Waals surface area contributed by atoms with Gasteiger partial charge in [-0.15, -0.1) is 0 Å². The van der Waals surface area contributed by atoms with Crippen molar-refractivity contribution in [1.29, 1.82) is 0 Å². The van der Waals surface area contributed by atoms with Crippen LogP contribution < -0.4 is 4.72 Å². The molecule has 0 aliphatic heterocycles. The van der Waals surface area contributed by atoms with Crippen molar-refractivity contribution in [2.75, 3.05) is 13.2 Å². The fourth-order valence-electron chi connectivity index (χ4n) is 1.43. The summed E-state index contributed by atoms with van der Waals surface area (Å²) < 4.78 is 27.4. The maximum absolute atomic E-state index is 11.5. The number of carbonyl (C=O) groups is 2. The third-order valence-corrected chi connectivity index (χ3v) is 3.18. The van der Waals surface area contributed by atoms with E-state index in [1.54, 1.807) is 6.92 Å². The Morgan fingerprint density at radius 2 is 1.91 bits per heavy atom. The molecule has 122 valence electrons. The van der Waals surface area contributed by atoms with Crippen LogP contribution in [-0.4, -0.2) is 29.5 Å². The van der Waals surface area contributed by atoms with Crippen LogP contribution in [-0.2, 0) is 36.3 Å². The molecule has 1 aromatic carbocycles. The molecule has 0 aromatic heterocycles. The van der Waals surface area contributed by atoms with Gasteiger partial charge in [0.2, 0.25) is 0 Å². The van der Waals surface area contributed by atoms with Crippen LogP contribution in [0.15, 0.2) is 30.3 Å². The number of nitrogens with one attached hydrogen (secondary N) is 1. The van der Waals surface area contributed by atoms with Crippen molar-refractivity contribution in [3.63, 3.8) is 0 Å². The summed E-state index contributed by atoms with van der Waals surface area (Å²) in [7, 11) is 0. The van der Waals surface area contributed by atoms with Crippen molar-refractivity contribution in [3.05, 3.63) is 35.9 Å². The van der Waals surface area contributed by atoms with E-state index in [9.17, 15) is 13.8 Å². The number of carbonyl (C=O) groups excluding carboxylic acids is 2. The highest BCUT2D eigenvalue weighted by Gasteiger charge is 2.08. The normalized spacial score (nSPS) is 11.5. The number of hydrogen-bond acceptors (Lipinski definition) is 6. The van der Waals surface area contributed by atoms with Gasteiger partial charge in [-0.1, -0.05) is 30.3 Å². The van der Waals surface area contributed by atoms with Crippen molar-refractivity contribution in [3.8, 4) is 0 Å². The van der Waals surface area contributed by atoms with Gasteiger partial charge < -0.3 is 9.47 Å². The highest BCUT2D eigenvalue weighted by Crippen LogP contribution is 2.02. The van der Waals surface area contributed by atoms with E-state index in [1.807, 2.05) is 35.1 Å². The van der Waals surface area contributed by atoms with Gasteiger partial charge in [0.15, 0.2) is 0 Å². The van der Waals surface area contributed by atoms with E-state index in [0.717, 1.165) is 5.56 Å². The number of rotatable bonds is 9. The molecule has 1 atom stereocenters. The molecule has 7 nitrogen and oxygen atoms in total. The van der Waals surface area contributed by atoms with E-state index >= 15 is 0 Å². The zero-order valence-corrected chi connectivity index (χ0v) is 13.1. The van der Waals surface area contributed by atoms with Crippen molar-refractivity contribution >= 4 is 23.3 Å². The van der Waals surface area contributed by atoms with Gasteiger partial charge in [0.05, 0.1) is 13.2 Å². The Balaban J connectivity index is 2.07. The first-order valence-electron chi connectivity index (χ1n) is 6.79. The Hall–Kier alpha value is -1.93. The lowest BCUT2D eigenvalue weighted by atomic mass is 10.2. The van der Waals surface area contributed by atoms with Gasteiger partial charge in [-0.3, -0.25) is 8.98 Å². The lowest BCUT2D eigenvalue weighted by Gasteiger charge is -2.06. The SMILES string of the molecule is CCOS(=O)NC(=O)OCCCC(=O)OCc1ccccc1. The smallest absolute Gasteiger partial charge is 0.420 e. The van der Waals surface area contributed by atoms with Crippen LogP contribution in [0.2, 0.25) is 0 Å². The van der Waals surface area contributed by atoms with Gasteiger partial charge >= 0.3 is 12.1 Å². The second kappa shape index (κ2) is 10.7. The molecular weight excluding hydrogens is 310 g/mol. The molecule has 8 heteroatoms. The first-order chi connectivity index (χ1) is 10.6. The molecule has 1 N–H and O–H groups in total. The van der Waals surface area contributed by atoms with E-state index in [1.165, 1.54) is 0 Å². The Morgan fingerprint density at radius 1 is 1.18 bits per heavy atom. The van der Waals surface area contributed by atoms with E-state index < -0.39 is 17.4 Å². The van der Waals surface area contributed by atoms with E-state index in [-0.39, 0.29) is 32.2 Å². The van der Waals surface area contributed by atoms with Crippen LogP contribution in [0, 0.1) is 0 Å². The molecule has 1 aromatic rings. The Kier molecular flexibility index (Phi) is 8.85. The van der Waals surface area contributed by atoms with Gasteiger partial charge in [0.25, 0.3) is 11.3 Å². The molecule has 1 unspecified atom stereocenters. The van der Waals surface area contributed by atoms with Gasteiger partial charge in [0, 0.05) is 6.42 Å². The fraction of sp³-hybridized carbons (Fsp3) is 0.429. The molecule has 0 bridgehead atoms. The highest BCUT2D eigenvalue weighted by atomic mass is 32.2. The Bertz CT molecular complexity index is 493. The second-order valence-corrected chi connectivity index (χ2v) is 5.04. The molecule has 0 saturated carbocycles. The largest absolute Gasteiger partial charge is 0.461 e. The van der Waals surface area contributed by atoms with Crippen LogP contribution in [0.1, 0.15) is 25.3 Å². The number of benzene rings is 1. The third-order valence-electron chi connectivity index (χ3n) is 2.39. The first-order valence-corrected chi connectivity index (χ1v) is 7.87. The van der Waals surface area contributed by atoms with E-state index in [2.05, 4.69) is 4.18 Å². The van der Waals surface area contributed by atoms with Crippen LogP contribution in [0.4, 0.5) is 4.79 Å². The summed E-state index contributed by atoms with van der Waals surface area (Å²) in [5.41, 5.74) is 0.907. The maximum atomic E-state index is 11.5. The summed E-state index contributed by atoms with van der Waals surface area (Å²) >= 11 is -1.90. The molecular formula is C14H19NO6S. The molecule has 0 fully saturated rings. The zero-order chi connectivity index (χ0) is 16.2. The zero-order valence-electron chi connectivity index (χ0n) is 12.3. The number of esters is 1. The topological polar surface area (TPSA) is 90.9 Å². The highest BCUT2D eigenvalue weighted by molar-refractivity contribution is 7.78. The minimum absolute atomic E-state index is 0.0234. The maximum Gasteiger partial charge on any atom is 0.420 e. The molecule has 0 saturated heterocycles. The minimum atomic E-state index is -1.90. The predicted molar refractivity (Wildman–Crippen MR) is 79.7 cm³/mol. The van der Waals surface area contributed by atoms with E-state index in [0.29, 0.717) is 6.42 Å². The first kappa shape index (κ1) is 18.1. The molecule has 0 radical (unpaired) electrons. The van der Waals surface area contributed by atoms with Crippen LogP contribution in [0.25, 0.3) is 0 Å². The molecule has 1 rings (SSSR count). The average Bonchev–Trinajstić information content (AvgIpc) is 2.51. The molecule has 0 aliphatic carbocycles. The summed E-state index contributed by atoms with van der Waals surface area (Å²) in [4.78, 5) is 22.6.